The lowest BCUT2D eigenvalue weighted by molar-refractivity contribution is 0.275. The van der Waals surface area contributed by atoms with Crippen LogP contribution in [0.25, 0.3) is 0 Å². The van der Waals surface area contributed by atoms with E-state index in [1.54, 1.807) is 18.2 Å². The van der Waals surface area contributed by atoms with Gasteiger partial charge < -0.3 is 14.4 Å². The topological polar surface area (TPSA) is 75.4 Å². The SMILES string of the molecule is N#Cc1cnc(Oc2ccc3c(c2)COB3O)cc1Cl. The van der Waals surface area contributed by atoms with E-state index in [4.69, 9.17) is 26.3 Å². The Morgan fingerprint density at radius 2 is 2.30 bits per heavy atom. The van der Waals surface area contributed by atoms with E-state index in [1.165, 1.54) is 12.3 Å². The van der Waals surface area contributed by atoms with Gasteiger partial charge in [-0.1, -0.05) is 17.7 Å². The number of nitriles is 1. The van der Waals surface area contributed by atoms with Crippen LogP contribution in [0.2, 0.25) is 5.02 Å². The number of aromatic nitrogens is 1. The fourth-order valence-corrected chi connectivity index (χ4v) is 2.13. The fraction of sp³-hybridized carbons (Fsp3) is 0.0769. The molecule has 1 aromatic heterocycles. The van der Waals surface area contributed by atoms with Gasteiger partial charge >= 0.3 is 7.12 Å². The van der Waals surface area contributed by atoms with Crippen molar-refractivity contribution in [1.82, 2.24) is 4.98 Å². The summed E-state index contributed by atoms with van der Waals surface area (Å²) in [6.45, 7) is 0.343. The Morgan fingerprint density at radius 1 is 1.45 bits per heavy atom. The third kappa shape index (κ3) is 2.34. The third-order valence-electron chi connectivity index (χ3n) is 2.95. The van der Waals surface area contributed by atoms with Gasteiger partial charge in [0.15, 0.2) is 0 Å². The van der Waals surface area contributed by atoms with Crippen molar-refractivity contribution in [3.05, 3.63) is 46.6 Å². The largest absolute Gasteiger partial charge is 0.491 e. The molecule has 0 unspecified atom stereocenters. The molecular weight excluding hydrogens is 278 g/mol. The molecule has 3 rings (SSSR count). The average molecular weight is 286 g/mol. The number of rotatable bonds is 2. The summed E-state index contributed by atoms with van der Waals surface area (Å²) in [5.41, 5.74) is 1.91. The van der Waals surface area contributed by atoms with E-state index in [9.17, 15) is 5.02 Å². The molecule has 0 spiro atoms. The molecule has 1 N–H and O–H groups in total. The predicted molar refractivity (Wildman–Crippen MR) is 72.9 cm³/mol. The Bertz CT molecular complexity index is 717. The fourth-order valence-electron chi connectivity index (χ4n) is 1.94. The second kappa shape index (κ2) is 5.14. The molecule has 5 nitrogen and oxygen atoms in total. The number of fused-ring (bicyclic) bond motifs is 1. The van der Waals surface area contributed by atoms with Crippen molar-refractivity contribution in [3.8, 4) is 17.7 Å². The Kier molecular flexibility index (Phi) is 3.32. The van der Waals surface area contributed by atoms with Crippen molar-refractivity contribution in [3.63, 3.8) is 0 Å². The first kappa shape index (κ1) is 12.9. The number of benzene rings is 1. The maximum atomic E-state index is 9.53. The van der Waals surface area contributed by atoms with Gasteiger partial charge in [0.1, 0.15) is 11.8 Å². The summed E-state index contributed by atoms with van der Waals surface area (Å²) in [6, 6.07) is 8.65. The second-order valence-electron chi connectivity index (χ2n) is 4.24. The van der Waals surface area contributed by atoms with E-state index < -0.39 is 7.12 Å². The number of ether oxygens (including phenoxy) is 1. The van der Waals surface area contributed by atoms with Crippen LogP contribution in [-0.2, 0) is 11.3 Å². The zero-order chi connectivity index (χ0) is 14.1. The summed E-state index contributed by atoms with van der Waals surface area (Å²) >= 11 is 5.91. The van der Waals surface area contributed by atoms with E-state index in [-0.39, 0.29) is 5.02 Å². The quantitative estimate of drug-likeness (QED) is 0.849. The van der Waals surface area contributed by atoms with Gasteiger partial charge in [0, 0.05) is 6.07 Å². The summed E-state index contributed by atoms with van der Waals surface area (Å²) in [5, 5.41) is 18.6. The van der Waals surface area contributed by atoms with Crippen molar-refractivity contribution >= 4 is 24.2 Å². The summed E-state index contributed by atoms with van der Waals surface area (Å²) < 4.78 is 10.7. The van der Waals surface area contributed by atoms with E-state index >= 15 is 0 Å². The summed E-state index contributed by atoms with van der Waals surface area (Å²) in [5.74, 6) is 0.864. The van der Waals surface area contributed by atoms with Crippen LogP contribution in [0.5, 0.6) is 11.6 Å². The lowest BCUT2D eigenvalue weighted by Crippen LogP contribution is -2.27. The summed E-state index contributed by atoms with van der Waals surface area (Å²) in [6.07, 6.45) is 1.36. The monoisotopic (exact) mass is 286 g/mol. The minimum atomic E-state index is -0.874. The molecule has 0 aliphatic carbocycles. The molecule has 0 atom stereocenters. The number of halogens is 1. The smallest absolute Gasteiger partial charge is 0.439 e. The van der Waals surface area contributed by atoms with Gasteiger partial charge in [-0.2, -0.15) is 5.26 Å². The first-order chi connectivity index (χ1) is 9.67. The van der Waals surface area contributed by atoms with E-state index in [0.717, 1.165) is 11.0 Å². The zero-order valence-electron chi connectivity index (χ0n) is 10.2. The van der Waals surface area contributed by atoms with Gasteiger partial charge in [0.25, 0.3) is 0 Å². The van der Waals surface area contributed by atoms with Gasteiger partial charge in [0.2, 0.25) is 5.88 Å². The van der Waals surface area contributed by atoms with E-state index in [0.29, 0.717) is 23.8 Å². The highest BCUT2D eigenvalue weighted by atomic mass is 35.5. The molecule has 2 heterocycles. The number of nitrogens with zero attached hydrogens (tertiary/aromatic N) is 2. The molecule has 98 valence electrons. The third-order valence-corrected chi connectivity index (χ3v) is 3.26. The molecule has 7 heteroatoms. The highest BCUT2D eigenvalue weighted by molar-refractivity contribution is 6.61. The molecule has 1 aromatic carbocycles. The standard InChI is InChI=1S/C13H8BClN2O3/c15-12-4-13(17-6-9(12)5-16)20-10-1-2-11-8(3-10)7-19-14(11)18/h1-4,6,18H,7H2. The van der Waals surface area contributed by atoms with Gasteiger partial charge in [-0.25, -0.2) is 4.98 Å². The van der Waals surface area contributed by atoms with Gasteiger partial charge in [-0.15, -0.1) is 0 Å². The molecule has 0 saturated carbocycles. The Balaban J connectivity index is 1.85. The van der Waals surface area contributed by atoms with Gasteiger partial charge in [0.05, 0.1) is 23.4 Å². The maximum absolute atomic E-state index is 9.53. The normalized spacial score (nSPS) is 12.9. The molecule has 0 saturated heterocycles. The molecule has 1 aliphatic rings. The first-order valence-corrected chi connectivity index (χ1v) is 6.21. The maximum Gasteiger partial charge on any atom is 0.491 e. The van der Waals surface area contributed by atoms with E-state index in [2.05, 4.69) is 4.98 Å². The molecule has 20 heavy (non-hydrogen) atoms. The number of hydrogen-bond donors (Lipinski definition) is 1. The zero-order valence-corrected chi connectivity index (χ0v) is 11.0. The van der Waals surface area contributed by atoms with Crippen molar-refractivity contribution < 1.29 is 14.4 Å². The minimum absolute atomic E-state index is 0.289. The Hall–Kier alpha value is -2.07. The minimum Gasteiger partial charge on any atom is -0.439 e. The van der Waals surface area contributed by atoms with Crippen molar-refractivity contribution in [2.75, 3.05) is 0 Å². The molecule has 0 amide bonds. The molecule has 0 radical (unpaired) electrons. The van der Waals surface area contributed by atoms with Crippen LogP contribution in [0.4, 0.5) is 0 Å². The highest BCUT2D eigenvalue weighted by Crippen LogP contribution is 2.25. The van der Waals surface area contributed by atoms with E-state index in [1.807, 2.05) is 6.07 Å². The molecule has 2 aromatic rings. The number of hydrogen-bond acceptors (Lipinski definition) is 5. The Labute approximate surface area is 120 Å². The lowest BCUT2D eigenvalue weighted by Gasteiger charge is -2.07. The summed E-state index contributed by atoms with van der Waals surface area (Å²) in [4.78, 5) is 4.00. The van der Waals surface area contributed by atoms with Gasteiger partial charge in [-0.3, -0.25) is 0 Å². The molecule has 0 bridgehead atoms. The Morgan fingerprint density at radius 3 is 3.05 bits per heavy atom. The molecular formula is C13H8BClN2O3. The average Bonchev–Trinajstić information content (AvgIpc) is 2.80. The number of pyridine rings is 1. The van der Waals surface area contributed by atoms with Crippen LogP contribution < -0.4 is 10.2 Å². The molecule has 1 aliphatic heterocycles. The van der Waals surface area contributed by atoms with Crippen LogP contribution in [0, 0.1) is 11.3 Å². The predicted octanol–water partition coefficient (Wildman–Crippen LogP) is 1.62. The molecule has 0 fully saturated rings. The van der Waals surface area contributed by atoms with Crippen molar-refractivity contribution in [2.45, 2.75) is 6.61 Å². The van der Waals surface area contributed by atoms with Crippen LogP contribution in [0.1, 0.15) is 11.1 Å². The summed E-state index contributed by atoms with van der Waals surface area (Å²) in [7, 11) is -0.874. The highest BCUT2D eigenvalue weighted by Gasteiger charge is 2.27. The van der Waals surface area contributed by atoms with Crippen molar-refractivity contribution in [1.29, 1.82) is 5.26 Å². The lowest BCUT2D eigenvalue weighted by atomic mass is 9.80. The van der Waals surface area contributed by atoms with Gasteiger partial charge in [-0.05, 0) is 23.2 Å². The van der Waals surface area contributed by atoms with Crippen molar-refractivity contribution in [2.24, 2.45) is 0 Å². The van der Waals surface area contributed by atoms with Crippen LogP contribution >= 0.6 is 11.6 Å². The van der Waals surface area contributed by atoms with Crippen LogP contribution in [-0.4, -0.2) is 17.1 Å². The first-order valence-electron chi connectivity index (χ1n) is 5.83. The van der Waals surface area contributed by atoms with Crippen LogP contribution in [0.15, 0.2) is 30.5 Å². The second-order valence-corrected chi connectivity index (χ2v) is 4.65. The van der Waals surface area contributed by atoms with Crippen LogP contribution in [0.3, 0.4) is 0 Å².